The molecule has 0 bridgehead atoms. The van der Waals surface area contributed by atoms with Gasteiger partial charge in [-0.05, 0) is 29.3 Å². The molecule has 0 radical (unpaired) electrons. The standard InChI is InChI=1S/C14H12BrClO/c1-17-11-8-6-10(7-9-11)14(15)12-4-2-3-5-13(12)16/h2-9,14H,1H3. The highest BCUT2D eigenvalue weighted by molar-refractivity contribution is 9.09. The maximum absolute atomic E-state index is 6.17. The van der Waals surface area contributed by atoms with Crippen molar-refractivity contribution in [2.45, 2.75) is 4.83 Å². The van der Waals surface area contributed by atoms with Crippen LogP contribution >= 0.6 is 27.5 Å². The van der Waals surface area contributed by atoms with E-state index >= 15 is 0 Å². The number of methoxy groups -OCH3 is 1. The maximum Gasteiger partial charge on any atom is 0.118 e. The molecule has 0 N–H and O–H groups in total. The van der Waals surface area contributed by atoms with Crippen molar-refractivity contribution in [3.63, 3.8) is 0 Å². The second kappa shape index (κ2) is 5.56. The summed E-state index contributed by atoms with van der Waals surface area (Å²) in [6.45, 7) is 0. The molecular weight excluding hydrogens is 300 g/mol. The van der Waals surface area contributed by atoms with E-state index in [0.717, 1.165) is 21.9 Å². The van der Waals surface area contributed by atoms with Crippen molar-refractivity contribution in [3.8, 4) is 5.75 Å². The van der Waals surface area contributed by atoms with E-state index in [1.807, 2.05) is 48.5 Å². The Balaban J connectivity index is 2.30. The van der Waals surface area contributed by atoms with Crippen molar-refractivity contribution in [1.82, 2.24) is 0 Å². The van der Waals surface area contributed by atoms with Crippen LogP contribution in [0.1, 0.15) is 16.0 Å². The van der Waals surface area contributed by atoms with Crippen LogP contribution in [0.15, 0.2) is 48.5 Å². The average Bonchev–Trinajstić information content (AvgIpc) is 2.39. The summed E-state index contributed by atoms with van der Waals surface area (Å²) in [6.07, 6.45) is 0. The summed E-state index contributed by atoms with van der Waals surface area (Å²) in [5.41, 5.74) is 2.22. The third kappa shape index (κ3) is 2.82. The fraction of sp³-hybridized carbons (Fsp3) is 0.143. The number of ether oxygens (including phenoxy) is 1. The molecule has 0 saturated heterocycles. The third-order valence-electron chi connectivity index (χ3n) is 2.59. The van der Waals surface area contributed by atoms with Crippen molar-refractivity contribution in [1.29, 1.82) is 0 Å². The van der Waals surface area contributed by atoms with Gasteiger partial charge in [-0.25, -0.2) is 0 Å². The van der Waals surface area contributed by atoms with E-state index in [1.54, 1.807) is 7.11 Å². The first kappa shape index (κ1) is 12.5. The van der Waals surface area contributed by atoms with E-state index in [1.165, 1.54) is 0 Å². The van der Waals surface area contributed by atoms with Crippen LogP contribution in [0.25, 0.3) is 0 Å². The Labute approximate surface area is 115 Å². The third-order valence-corrected chi connectivity index (χ3v) is 3.95. The molecule has 0 aliphatic carbocycles. The van der Waals surface area contributed by atoms with Crippen LogP contribution in [0.4, 0.5) is 0 Å². The Morgan fingerprint density at radius 2 is 1.71 bits per heavy atom. The minimum atomic E-state index is 0.0992. The number of alkyl halides is 1. The van der Waals surface area contributed by atoms with Gasteiger partial charge in [0.25, 0.3) is 0 Å². The van der Waals surface area contributed by atoms with E-state index in [2.05, 4.69) is 15.9 Å². The molecule has 0 heterocycles. The summed E-state index contributed by atoms with van der Waals surface area (Å²) >= 11 is 9.84. The van der Waals surface area contributed by atoms with Crippen molar-refractivity contribution in [2.75, 3.05) is 7.11 Å². The topological polar surface area (TPSA) is 9.23 Å². The van der Waals surface area contributed by atoms with Gasteiger partial charge in [-0.1, -0.05) is 57.9 Å². The fourth-order valence-electron chi connectivity index (χ4n) is 1.63. The van der Waals surface area contributed by atoms with Crippen LogP contribution in [0, 0.1) is 0 Å². The van der Waals surface area contributed by atoms with E-state index in [9.17, 15) is 0 Å². The van der Waals surface area contributed by atoms with E-state index < -0.39 is 0 Å². The van der Waals surface area contributed by atoms with Crippen LogP contribution in [-0.4, -0.2) is 7.11 Å². The molecule has 1 atom stereocenters. The van der Waals surface area contributed by atoms with E-state index in [0.29, 0.717) is 0 Å². The molecule has 1 nitrogen and oxygen atoms in total. The molecule has 0 aliphatic heterocycles. The van der Waals surface area contributed by atoms with Crippen LogP contribution in [0.2, 0.25) is 5.02 Å². The monoisotopic (exact) mass is 310 g/mol. The van der Waals surface area contributed by atoms with Gasteiger partial charge in [0.05, 0.1) is 11.9 Å². The first-order valence-corrected chi connectivity index (χ1v) is 6.54. The molecule has 0 aliphatic rings. The summed E-state index contributed by atoms with van der Waals surface area (Å²) in [7, 11) is 1.66. The molecule has 2 aromatic rings. The van der Waals surface area contributed by atoms with Crippen molar-refractivity contribution in [3.05, 3.63) is 64.7 Å². The van der Waals surface area contributed by atoms with Crippen molar-refractivity contribution >= 4 is 27.5 Å². The van der Waals surface area contributed by atoms with Gasteiger partial charge in [-0.15, -0.1) is 0 Å². The molecule has 0 fully saturated rings. The number of hydrogen-bond acceptors (Lipinski definition) is 1. The molecule has 17 heavy (non-hydrogen) atoms. The van der Waals surface area contributed by atoms with Gasteiger partial charge >= 0.3 is 0 Å². The Morgan fingerprint density at radius 1 is 1.06 bits per heavy atom. The van der Waals surface area contributed by atoms with Gasteiger partial charge in [0.15, 0.2) is 0 Å². The van der Waals surface area contributed by atoms with Gasteiger partial charge in [0, 0.05) is 5.02 Å². The number of halogens is 2. The molecule has 1 unspecified atom stereocenters. The summed E-state index contributed by atoms with van der Waals surface area (Å²) in [5.74, 6) is 0.854. The van der Waals surface area contributed by atoms with Crippen LogP contribution in [0.3, 0.4) is 0 Å². The summed E-state index contributed by atoms with van der Waals surface area (Å²) < 4.78 is 5.14. The summed E-state index contributed by atoms with van der Waals surface area (Å²) in [6, 6.07) is 15.8. The Kier molecular flexibility index (Phi) is 4.08. The van der Waals surface area contributed by atoms with Gasteiger partial charge in [-0.2, -0.15) is 0 Å². The fourth-order valence-corrected chi connectivity index (χ4v) is 2.71. The zero-order valence-corrected chi connectivity index (χ0v) is 11.7. The second-order valence-corrected chi connectivity index (χ2v) is 4.98. The molecule has 0 saturated carbocycles. The van der Waals surface area contributed by atoms with Crippen LogP contribution < -0.4 is 4.74 Å². The van der Waals surface area contributed by atoms with Gasteiger partial charge in [-0.3, -0.25) is 0 Å². The smallest absolute Gasteiger partial charge is 0.118 e. The first-order valence-electron chi connectivity index (χ1n) is 5.25. The van der Waals surface area contributed by atoms with Crippen LogP contribution in [0.5, 0.6) is 5.75 Å². The van der Waals surface area contributed by atoms with E-state index in [-0.39, 0.29) is 4.83 Å². The van der Waals surface area contributed by atoms with E-state index in [4.69, 9.17) is 16.3 Å². The Bertz CT molecular complexity index is 496. The van der Waals surface area contributed by atoms with Gasteiger partial charge < -0.3 is 4.74 Å². The highest BCUT2D eigenvalue weighted by atomic mass is 79.9. The molecular formula is C14H12BrClO. The largest absolute Gasteiger partial charge is 0.497 e. The molecule has 3 heteroatoms. The second-order valence-electron chi connectivity index (χ2n) is 3.66. The van der Waals surface area contributed by atoms with Gasteiger partial charge in [0.2, 0.25) is 0 Å². The first-order chi connectivity index (χ1) is 8.22. The lowest BCUT2D eigenvalue weighted by molar-refractivity contribution is 0.414. The average molecular weight is 312 g/mol. The maximum atomic E-state index is 6.17. The van der Waals surface area contributed by atoms with Crippen LogP contribution in [-0.2, 0) is 0 Å². The number of benzene rings is 2. The Morgan fingerprint density at radius 3 is 2.29 bits per heavy atom. The SMILES string of the molecule is COc1ccc(C(Br)c2ccccc2Cl)cc1. The molecule has 2 aromatic carbocycles. The number of rotatable bonds is 3. The highest BCUT2D eigenvalue weighted by Gasteiger charge is 2.12. The lowest BCUT2D eigenvalue weighted by Crippen LogP contribution is -1.93. The minimum absolute atomic E-state index is 0.0992. The lowest BCUT2D eigenvalue weighted by Gasteiger charge is -2.12. The lowest BCUT2D eigenvalue weighted by atomic mass is 10.0. The minimum Gasteiger partial charge on any atom is -0.497 e. The molecule has 0 spiro atoms. The molecule has 88 valence electrons. The van der Waals surface area contributed by atoms with Crippen molar-refractivity contribution < 1.29 is 4.74 Å². The highest BCUT2D eigenvalue weighted by Crippen LogP contribution is 2.35. The normalized spacial score (nSPS) is 12.2. The predicted molar refractivity (Wildman–Crippen MR) is 75.2 cm³/mol. The predicted octanol–water partition coefficient (Wildman–Crippen LogP) is 4.83. The zero-order chi connectivity index (χ0) is 12.3. The summed E-state index contributed by atoms with van der Waals surface area (Å²) in [5, 5.41) is 0.769. The number of hydrogen-bond donors (Lipinski definition) is 0. The van der Waals surface area contributed by atoms with Gasteiger partial charge in [0.1, 0.15) is 5.75 Å². The quantitative estimate of drug-likeness (QED) is 0.738. The Hall–Kier alpha value is -0.990. The zero-order valence-electron chi connectivity index (χ0n) is 9.36. The van der Waals surface area contributed by atoms with Crippen molar-refractivity contribution in [2.24, 2.45) is 0 Å². The molecule has 0 amide bonds. The summed E-state index contributed by atoms with van der Waals surface area (Å²) in [4.78, 5) is 0.0992. The molecule has 0 aromatic heterocycles. The molecule has 2 rings (SSSR count).